The van der Waals surface area contributed by atoms with Crippen molar-refractivity contribution >= 4 is 34.9 Å². The predicted molar refractivity (Wildman–Crippen MR) is 131 cm³/mol. The standard InChI is InChI=1S/C25H24Cl2N4O3/c1-25(2)10-18-22(19(32)11-25)23(31-24(30-18)28-13-29-31)15-5-7-20(21(9-15)33-3)34-12-14-4-6-16(26)17(27)8-14/h4-9,13,23H,10-12H2,1-3H3,(H,28,29,30)/t23-/m0/s1. The van der Waals surface area contributed by atoms with E-state index in [1.807, 2.05) is 24.3 Å². The highest BCUT2D eigenvalue weighted by molar-refractivity contribution is 6.42. The number of carbonyl (C=O) groups excluding carboxylic acids is 1. The number of halogens is 2. The van der Waals surface area contributed by atoms with Crippen LogP contribution in [0.4, 0.5) is 5.95 Å². The van der Waals surface area contributed by atoms with Crippen molar-refractivity contribution in [2.75, 3.05) is 12.4 Å². The molecule has 0 unspecified atom stereocenters. The molecule has 1 aromatic heterocycles. The number of hydrogen-bond donors (Lipinski definition) is 1. The Morgan fingerprint density at radius 3 is 2.71 bits per heavy atom. The van der Waals surface area contributed by atoms with Gasteiger partial charge < -0.3 is 14.8 Å². The number of aromatic nitrogens is 3. The van der Waals surface area contributed by atoms with E-state index < -0.39 is 6.04 Å². The Morgan fingerprint density at radius 2 is 1.94 bits per heavy atom. The lowest BCUT2D eigenvalue weighted by atomic mass is 9.73. The number of methoxy groups -OCH3 is 1. The lowest BCUT2D eigenvalue weighted by molar-refractivity contribution is -0.118. The fraction of sp³-hybridized carbons (Fsp3) is 0.320. The van der Waals surface area contributed by atoms with Gasteiger partial charge in [0.2, 0.25) is 5.95 Å². The molecule has 0 bridgehead atoms. The number of Topliss-reactive ketones (excluding diaryl/α,β-unsaturated/α-hetero) is 1. The van der Waals surface area contributed by atoms with Crippen molar-refractivity contribution in [1.29, 1.82) is 0 Å². The molecule has 0 saturated heterocycles. The van der Waals surface area contributed by atoms with Gasteiger partial charge in [-0.25, -0.2) is 4.68 Å². The third-order valence-electron chi connectivity index (χ3n) is 6.16. The van der Waals surface area contributed by atoms with E-state index in [0.717, 1.165) is 28.8 Å². The van der Waals surface area contributed by atoms with E-state index in [-0.39, 0.29) is 11.2 Å². The summed E-state index contributed by atoms with van der Waals surface area (Å²) in [6.45, 7) is 4.51. The number of ether oxygens (including phenoxy) is 2. The normalized spacial score (nSPS) is 18.7. The molecule has 0 fully saturated rings. The molecule has 2 heterocycles. The Balaban J connectivity index is 1.49. The number of rotatable bonds is 5. The second-order valence-electron chi connectivity index (χ2n) is 9.34. The fourth-order valence-corrected chi connectivity index (χ4v) is 4.94. The average molecular weight is 499 g/mol. The number of fused-ring (bicyclic) bond motifs is 1. The lowest BCUT2D eigenvalue weighted by Crippen LogP contribution is -2.36. The van der Waals surface area contributed by atoms with Gasteiger partial charge in [0.1, 0.15) is 19.0 Å². The van der Waals surface area contributed by atoms with Crippen molar-refractivity contribution in [2.24, 2.45) is 5.41 Å². The van der Waals surface area contributed by atoms with Gasteiger partial charge in [0.25, 0.3) is 0 Å². The zero-order valence-corrected chi connectivity index (χ0v) is 20.6. The molecule has 3 aromatic rings. The average Bonchev–Trinajstić information content (AvgIpc) is 3.25. The highest BCUT2D eigenvalue weighted by Gasteiger charge is 2.41. The second-order valence-corrected chi connectivity index (χ2v) is 10.2. The van der Waals surface area contributed by atoms with E-state index in [1.165, 1.54) is 6.33 Å². The summed E-state index contributed by atoms with van der Waals surface area (Å²) in [5.74, 6) is 1.87. The minimum atomic E-state index is -0.393. The van der Waals surface area contributed by atoms with Crippen LogP contribution in [0.25, 0.3) is 0 Å². The van der Waals surface area contributed by atoms with Crippen LogP contribution in [-0.2, 0) is 11.4 Å². The van der Waals surface area contributed by atoms with Crippen molar-refractivity contribution in [1.82, 2.24) is 14.8 Å². The van der Waals surface area contributed by atoms with Gasteiger partial charge >= 0.3 is 0 Å². The quantitative estimate of drug-likeness (QED) is 0.476. The molecule has 2 aromatic carbocycles. The maximum absolute atomic E-state index is 13.3. The molecule has 1 N–H and O–H groups in total. The number of nitrogens with one attached hydrogen (secondary N) is 1. The third kappa shape index (κ3) is 4.14. The van der Waals surface area contributed by atoms with Gasteiger partial charge in [0.15, 0.2) is 17.3 Å². The molecule has 176 valence electrons. The number of hydrogen-bond acceptors (Lipinski definition) is 6. The van der Waals surface area contributed by atoms with E-state index in [2.05, 4.69) is 29.2 Å². The molecule has 0 saturated carbocycles. The van der Waals surface area contributed by atoms with Crippen molar-refractivity contribution in [3.63, 3.8) is 0 Å². The van der Waals surface area contributed by atoms with E-state index in [9.17, 15) is 4.79 Å². The van der Waals surface area contributed by atoms with Crippen LogP contribution in [0.5, 0.6) is 11.5 Å². The number of benzene rings is 2. The minimum Gasteiger partial charge on any atom is -0.493 e. The first-order valence-corrected chi connectivity index (χ1v) is 11.7. The maximum Gasteiger partial charge on any atom is 0.226 e. The van der Waals surface area contributed by atoms with Crippen LogP contribution in [0.15, 0.2) is 54.0 Å². The van der Waals surface area contributed by atoms with Crippen LogP contribution in [0.3, 0.4) is 0 Å². The largest absolute Gasteiger partial charge is 0.493 e. The lowest BCUT2D eigenvalue weighted by Gasteiger charge is -2.38. The Morgan fingerprint density at radius 1 is 1.12 bits per heavy atom. The Bertz CT molecular complexity index is 1320. The number of carbonyl (C=O) groups is 1. The Kier molecular flexibility index (Phi) is 5.78. The minimum absolute atomic E-state index is 0.115. The van der Waals surface area contributed by atoms with Crippen molar-refractivity contribution in [3.05, 3.63) is 75.2 Å². The molecule has 1 aliphatic carbocycles. The van der Waals surface area contributed by atoms with Crippen LogP contribution < -0.4 is 14.8 Å². The maximum atomic E-state index is 13.3. The van der Waals surface area contributed by atoms with Gasteiger partial charge in [-0.1, -0.05) is 49.2 Å². The fourth-order valence-electron chi connectivity index (χ4n) is 4.62. The molecular formula is C25H24Cl2N4O3. The Hall–Kier alpha value is -3.03. The second kappa shape index (κ2) is 8.64. The van der Waals surface area contributed by atoms with Crippen molar-refractivity contribution < 1.29 is 14.3 Å². The molecule has 0 amide bonds. The molecule has 1 atom stereocenters. The predicted octanol–water partition coefficient (Wildman–Crippen LogP) is 5.83. The van der Waals surface area contributed by atoms with Gasteiger partial charge in [0.05, 0.1) is 17.2 Å². The summed E-state index contributed by atoms with van der Waals surface area (Å²) in [4.78, 5) is 17.6. The molecule has 0 radical (unpaired) electrons. The van der Waals surface area contributed by atoms with Crippen LogP contribution >= 0.6 is 23.2 Å². The molecule has 34 heavy (non-hydrogen) atoms. The molecule has 2 aliphatic rings. The summed E-state index contributed by atoms with van der Waals surface area (Å²) >= 11 is 12.1. The van der Waals surface area contributed by atoms with Crippen LogP contribution in [-0.4, -0.2) is 27.7 Å². The summed E-state index contributed by atoms with van der Waals surface area (Å²) in [5.41, 5.74) is 3.27. The third-order valence-corrected chi connectivity index (χ3v) is 6.89. The smallest absolute Gasteiger partial charge is 0.226 e. The monoisotopic (exact) mass is 498 g/mol. The van der Waals surface area contributed by atoms with E-state index in [0.29, 0.717) is 40.5 Å². The zero-order valence-electron chi connectivity index (χ0n) is 19.1. The highest BCUT2D eigenvalue weighted by atomic mass is 35.5. The van der Waals surface area contributed by atoms with Crippen LogP contribution in [0.1, 0.15) is 43.9 Å². The Labute approximate surface area is 207 Å². The molecule has 1 aliphatic heterocycles. The summed E-state index contributed by atoms with van der Waals surface area (Å²) in [7, 11) is 1.59. The summed E-state index contributed by atoms with van der Waals surface area (Å²) in [6.07, 6.45) is 2.74. The molecule has 7 nitrogen and oxygen atoms in total. The van der Waals surface area contributed by atoms with Gasteiger partial charge in [-0.2, -0.15) is 10.1 Å². The number of nitrogens with zero attached hydrogens (tertiary/aromatic N) is 3. The van der Waals surface area contributed by atoms with Crippen LogP contribution in [0, 0.1) is 5.41 Å². The van der Waals surface area contributed by atoms with Gasteiger partial charge in [-0.15, -0.1) is 0 Å². The number of allylic oxidation sites excluding steroid dienone is 2. The first-order valence-electron chi connectivity index (χ1n) is 10.9. The molecule has 5 rings (SSSR count). The van der Waals surface area contributed by atoms with Crippen LogP contribution in [0.2, 0.25) is 10.0 Å². The number of ketones is 1. The molecular weight excluding hydrogens is 475 g/mol. The first-order chi connectivity index (χ1) is 16.3. The topological polar surface area (TPSA) is 78.3 Å². The molecule has 0 spiro atoms. The van der Waals surface area contributed by atoms with Gasteiger partial charge in [-0.05, 0) is 47.2 Å². The number of anilines is 1. The summed E-state index contributed by atoms with van der Waals surface area (Å²) < 4.78 is 13.4. The zero-order chi connectivity index (χ0) is 24.0. The SMILES string of the molecule is COc1cc([C@H]2C3=C(CC(C)(C)CC3=O)Nc3ncnn32)ccc1OCc1ccc(Cl)c(Cl)c1. The van der Waals surface area contributed by atoms with Crippen molar-refractivity contribution in [3.8, 4) is 11.5 Å². The van der Waals surface area contributed by atoms with E-state index >= 15 is 0 Å². The summed E-state index contributed by atoms with van der Waals surface area (Å²) in [6, 6.07) is 10.7. The van der Waals surface area contributed by atoms with E-state index in [1.54, 1.807) is 23.9 Å². The summed E-state index contributed by atoms with van der Waals surface area (Å²) in [5, 5.41) is 8.70. The van der Waals surface area contributed by atoms with Crippen molar-refractivity contribution in [2.45, 2.75) is 39.3 Å². The van der Waals surface area contributed by atoms with Gasteiger partial charge in [0, 0.05) is 17.7 Å². The van der Waals surface area contributed by atoms with Gasteiger partial charge in [-0.3, -0.25) is 4.79 Å². The van der Waals surface area contributed by atoms with E-state index in [4.69, 9.17) is 32.7 Å². The molecule has 9 heteroatoms. The highest BCUT2D eigenvalue weighted by Crippen LogP contribution is 2.46. The first kappa shape index (κ1) is 22.7.